The van der Waals surface area contributed by atoms with Gasteiger partial charge in [-0.05, 0) is 12.5 Å². The normalized spacial score (nSPS) is 14.0. The molecule has 172 valence electrons. The molecule has 3 aromatic rings. The van der Waals surface area contributed by atoms with Gasteiger partial charge in [-0.25, -0.2) is 14.8 Å². The van der Waals surface area contributed by atoms with Crippen molar-refractivity contribution in [2.45, 2.75) is 13.8 Å². The van der Waals surface area contributed by atoms with Gasteiger partial charge in [-0.3, -0.25) is 10.00 Å². The van der Waals surface area contributed by atoms with Crippen LogP contribution in [0.1, 0.15) is 24.5 Å². The number of methoxy groups -OCH3 is 1. The summed E-state index contributed by atoms with van der Waals surface area (Å²) in [5.41, 5.74) is 0.635. The van der Waals surface area contributed by atoms with Crippen LogP contribution in [0, 0.1) is 0 Å². The molecule has 1 saturated heterocycles. The molecule has 2 aromatic heterocycles. The number of ether oxygens (including phenoxy) is 3. The fraction of sp³-hybridized carbons (Fsp3) is 0.450. The van der Waals surface area contributed by atoms with Crippen molar-refractivity contribution in [2.75, 3.05) is 51.9 Å². The van der Waals surface area contributed by atoms with E-state index in [1.165, 1.54) is 6.33 Å². The molecule has 3 N–H and O–H groups in total. The first-order valence-electron chi connectivity index (χ1n) is 9.82. The van der Waals surface area contributed by atoms with Gasteiger partial charge in [-0.15, -0.1) is 5.10 Å². The quantitative estimate of drug-likeness (QED) is 0.415. The second-order valence-corrected chi connectivity index (χ2v) is 6.84. The van der Waals surface area contributed by atoms with E-state index in [9.17, 15) is 4.79 Å². The zero-order valence-electron chi connectivity index (χ0n) is 17.0. The molecular formula is C20H27N7O5. The predicted octanol–water partition coefficient (Wildman–Crippen LogP) is 1.94. The maximum absolute atomic E-state index is 11.0. The Kier molecular flexibility index (Phi) is 7.73. The van der Waals surface area contributed by atoms with Gasteiger partial charge in [0, 0.05) is 31.1 Å². The summed E-state index contributed by atoms with van der Waals surface area (Å²) in [4.78, 5) is 25.7. The average Bonchev–Trinajstić information content (AvgIpc) is 3.26. The molecule has 3 heterocycles. The third-order valence-corrected chi connectivity index (χ3v) is 4.82. The summed E-state index contributed by atoms with van der Waals surface area (Å²) < 4.78 is 16.8. The molecule has 0 unspecified atom stereocenters. The molecule has 0 saturated carbocycles. The summed E-state index contributed by atoms with van der Waals surface area (Å²) >= 11 is 0. The molecule has 12 heteroatoms. The van der Waals surface area contributed by atoms with Crippen molar-refractivity contribution >= 4 is 28.6 Å². The van der Waals surface area contributed by atoms with Crippen molar-refractivity contribution in [2.24, 2.45) is 0 Å². The van der Waals surface area contributed by atoms with E-state index in [0.717, 1.165) is 39.3 Å². The number of rotatable bonds is 9. The van der Waals surface area contributed by atoms with Crippen LogP contribution in [0.15, 0.2) is 18.5 Å². The minimum Gasteiger partial charge on any atom is -0.493 e. The molecule has 32 heavy (non-hydrogen) atoms. The number of aromatic nitrogens is 5. The molecule has 1 fully saturated rings. The van der Waals surface area contributed by atoms with E-state index < -0.39 is 5.97 Å². The summed E-state index contributed by atoms with van der Waals surface area (Å²) in [5, 5.41) is 18.7. The number of fused-ring (bicyclic) bond motifs is 1. The highest BCUT2D eigenvalue weighted by molar-refractivity contribution is 5.92. The Bertz CT molecular complexity index is 1050. The number of carboxylic acid groups (broad SMARTS) is 1. The molecule has 0 radical (unpaired) electrons. The van der Waals surface area contributed by atoms with Crippen molar-refractivity contribution < 1.29 is 24.1 Å². The van der Waals surface area contributed by atoms with E-state index in [2.05, 4.69) is 35.4 Å². The number of nitrogens with one attached hydrogen (secondary N) is 2. The lowest BCUT2D eigenvalue weighted by Crippen LogP contribution is -2.37. The van der Waals surface area contributed by atoms with Crippen LogP contribution in [0.5, 0.6) is 11.5 Å². The molecule has 0 spiro atoms. The van der Waals surface area contributed by atoms with Crippen LogP contribution in [0.25, 0.3) is 10.9 Å². The first kappa shape index (κ1) is 23.2. The Morgan fingerprint density at radius 3 is 2.81 bits per heavy atom. The zero-order valence-corrected chi connectivity index (χ0v) is 17.0. The van der Waals surface area contributed by atoms with Gasteiger partial charge in [0.2, 0.25) is 11.8 Å². The second-order valence-electron chi connectivity index (χ2n) is 6.84. The van der Waals surface area contributed by atoms with E-state index in [1.807, 2.05) is 0 Å². The number of anilines is 2. The standard InChI is InChI=1S/C19H23N7O5.CH4/c1-29-14-9-12-13(10-15(14)31-6-2-3-26-4-7-30-8-5-26)20-11-21-16(12)22-19-23-17(18(27)28)24-25-19;/h9-11H,2-8H2,1H3,(H,27,28)(H2,20,21,22,23,24,25);1H4. The third kappa shape index (κ3) is 5.39. The maximum atomic E-state index is 11.0. The highest BCUT2D eigenvalue weighted by atomic mass is 16.5. The number of benzene rings is 1. The molecule has 1 aliphatic rings. The van der Waals surface area contributed by atoms with Crippen molar-refractivity contribution in [1.29, 1.82) is 0 Å². The van der Waals surface area contributed by atoms with E-state index in [4.69, 9.17) is 19.3 Å². The van der Waals surface area contributed by atoms with Gasteiger partial charge in [0.1, 0.15) is 12.1 Å². The van der Waals surface area contributed by atoms with Gasteiger partial charge in [-0.1, -0.05) is 7.43 Å². The van der Waals surface area contributed by atoms with Gasteiger partial charge in [0.25, 0.3) is 0 Å². The number of aromatic carboxylic acids is 1. The van der Waals surface area contributed by atoms with Crippen LogP contribution in [0.4, 0.5) is 11.8 Å². The van der Waals surface area contributed by atoms with Crippen molar-refractivity contribution in [3.63, 3.8) is 0 Å². The molecule has 12 nitrogen and oxygen atoms in total. The lowest BCUT2D eigenvalue weighted by molar-refractivity contribution is 0.0357. The lowest BCUT2D eigenvalue weighted by Gasteiger charge is -2.26. The van der Waals surface area contributed by atoms with Crippen molar-refractivity contribution in [3.8, 4) is 11.5 Å². The van der Waals surface area contributed by atoms with Gasteiger partial charge in [0.15, 0.2) is 11.5 Å². The first-order chi connectivity index (χ1) is 15.1. The molecule has 0 atom stereocenters. The molecule has 4 rings (SSSR count). The van der Waals surface area contributed by atoms with Gasteiger partial charge < -0.3 is 24.6 Å². The lowest BCUT2D eigenvalue weighted by atomic mass is 10.2. The number of nitrogens with zero attached hydrogens (tertiary/aromatic N) is 5. The Morgan fingerprint density at radius 2 is 2.09 bits per heavy atom. The number of morpholine rings is 1. The van der Waals surface area contributed by atoms with E-state index >= 15 is 0 Å². The summed E-state index contributed by atoms with van der Waals surface area (Å²) in [6.07, 6.45) is 2.28. The highest BCUT2D eigenvalue weighted by Crippen LogP contribution is 2.34. The van der Waals surface area contributed by atoms with E-state index in [1.54, 1.807) is 19.2 Å². The van der Waals surface area contributed by atoms with Crippen molar-refractivity contribution in [3.05, 3.63) is 24.3 Å². The Morgan fingerprint density at radius 1 is 1.28 bits per heavy atom. The molecule has 0 bridgehead atoms. The summed E-state index contributed by atoms with van der Waals surface area (Å²) in [6, 6.07) is 3.55. The Labute approximate surface area is 184 Å². The van der Waals surface area contributed by atoms with Crippen LogP contribution in [-0.2, 0) is 4.74 Å². The molecular weight excluding hydrogens is 418 g/mol. The highest BCUT2D eigenvalue weighted by Gasteiger charge is 2.15. The Balaban J connectivity index is 0.00000289. The number of hydrogen-bond acceptors (Lipinski definition) is 10. The third-order valence-electron chi connectivity index (χ3n) is 4.82. The molecule has 1 aliphatic heterocycles. The molecule has 0 aliphatic carbocycles. The van der Waals surface area contributed by atoms with Crippen LogP contribution in [0.3, 0.4) is 0 Å². The molecule has 0 amide bonds. The SMILES string of the molecule is C.COc1cc2c(Nc3n[nH]c(C(=O)O)n3)ncnc2cc1OCCCN1CCOCC1. The van der Waals surface area contributed by atoms with Crippen molar-refractivity contribution in [1.82, 2.24) is 30.0 Å². The topological polar surface area (TPSA) is 148 Å². The maximum Gasteiger partial charge on any atom is 0.373 e. The van der Waals surface area contributed by atoms with Crippen LogP contribution >= 0.6 is 0 Å². The van der Waals surface area contributed by atoms with Crippen LogP contribution < -0.4 is 14.8 Å². The fourth-order valence-electron chi connectivity index (χ4n) is 3.25. The number of hydrogen-bond donors (Lipinski definition) is 3. The number of carboxylic acids is 1. The van der Waals surface area contributed by atoms with E-state index in [-0.39, 0.29) is 19.2 Å². The first-order valence-corrected chi connectivity index (χ1v) is 9.82. The summed E-state index contributed by atoms with van der Waals surface area (Å²) in [6.45, 7) is 4.95. The fourth-order valence-corrected chi connectivity index (χ4v) is 3.25. The zero-order chi connectivity index (χ0) is 21.6. The van der Waals surface area contributed by atoms with Crippen LogP contribution in [0.2, 0.25) is 0 Å². The van der Waals surface area contributed by atoms with Gasteiger partial charge in [0.05, 0.1) is 32.4 Å². The average molecular weight is 445 g/mol. The summed E-state index contributed by atoms with van der Waals surface area (Å²) in [5.74, 6) is 0.153. The van der Waals surface area contributed by atoms with Gasteiger partial charge in [-0.2, -0.15) is 4.98 Å². The monoisotopic (exact) mass is 445 g/mol. The summed E-state index contributed by atoms with van der Waals surface area (Å²) in [7, 11) is 1.56. The molecule has 1 aromatic carbocycles. The minimum atomic E-state index is -1.20. The largest absolute Gasteiger partial charge is 0.493 e. The second kappa shape index (κ2) is 10.7. The number of aromatic amines is 1. The van der Waals surface area contributed by atoms with Gasteiger partial charge >= 0.3 is 5.97 Å². The van der Waals surface area contributed by atoms with E-state index in [0.29, 0.717) is 34.8 Å². The number of carbonyl (C=O) groups is 1. The number of H-pyrrole nitrogens is 1. The minimum absolute atomic E-state index is 0. The predicted molar refractivity (Wildman–Crippen MR) is 117 cm³/mol. The van der Waals surface area contributed by atoms with Crippen LogP contribution in [-0.4, -0.2) is 87.7 Å². The smallest absolute Gasteiger partial charge is 0.373 e. The Hall–Kier alpha value is -3.51.